The number of ether oxygens (including phenoxy) is 1. The third kappa shape index (κ3) is 6.16. The normalized spacial score (nSPS) is 13.8. The van der Waals surface area contributed by atoms with Crippen molar-refractivity contribution in [2.75, 3.05) is 24.3 Å². The topological polar surface area (TPSA) is 128 Å². The maximum Gasteiger partial charge on any atom is 0.281 e. The number of sulfonamides is 1. The highest BCUT2D eigenvalue weighted by Crippen LogP contribution is 2.32. The molecule has 1 amide bonds. The van der Waals surface area contributed by atoms with E-state index in [1.807, 2.05) is 25.8 Å². The Balaban J connectivity index is 1.70. The van der Waals surface area contributed by atoms with Crippen LogP contribution in [-0.4, -0.2) is 44.0 Å². The lowest BCUT2D eigenvalue weighted by atomic mass is 9.91. The van der Waals surface area contributed by atoms with Crippen molar-refractivity contribution in [3.05, 3.63) is 59.9 Å². The van der Waals surface area contributed by atoms with Gasteiger partial charge in [0, 0.05) is 24.7 Å². The largest absolute Gasteiger partial charge is 0.493 e. The molecule has 37 heavy (non-hydrogen) atoms. The van der Waals surface area contributed by atoms with E-state index >= 15 is 0 Å². The number of hydrogen-bond donors (Lipinski definition) is 2. The number of anilines is 2. The van der Waals surface area contributed by atoms with Crippen molar-refractivity contribution in [3.8, 4) is 17.0 Å². The number of carbonyl (C=O) groups is 1. The summed E-state index contributed by atoms with van der Waals surface area (Å²) in [5, 5.41) is -0.368. The number of halogens is 1. The molecule has 0 aliphatic heterocycles. The van der Waals surface area contributed by atoms with E-state index in [9.17, 15) is 17.6 Å². The molecule has 1 aromatic carbocycles. The lowest BCUT2D eigenvalue weighted by molar-refractivity contribution is 0.0981. The number of carbonyl (C=O) groups excluding carboxylic acids is 1. The second-order valence-corrected chi connectivity index (χ2v) is 11.1. The Morgan fingerprint density at radius 1 is 1.19 bits per heavy atom. The molecule has 0 radical (unpaired) electrons. The molecule has 11 heteroatoms. The molecule has 0 bridgehead atoms. The molecule has 2 heterocycles. The molecule has 1 saturated carbocycles. The third-order valence-electron chi connectivity index (χ3n) is 6.07. The molecule has 0 atom stereocenters. The molecule has 0 saturated heterocycles. The van der Waals surface area contributed by atoms with Gasteiger partial charge >= 0.3 is 0 Å². The number of nitrogen functional groups attached to an aromatic ring is 1. The maximum absolute atomic E-state index is 14.4. The molecule has 0 spiro atoms. The number of nitrogens with zero attached hydrogens (tertiary/aromatic N) is 3. The summed E-state index contributed by atoms with van der Waals surface area (Å²) < 4.78 is 47.7. The van der Waals surface area contributed by atoms with Gasteiger partial charge in [-0.3, -0.25) is 4.79 Å². The molecule has 196 valence electrons. The predicted molar refractivity (Wildman–Crippen MR) is 139 cm³/mol. The summed E-state index contributed by atoms with van der Waals surface area (Å²) in [6.45, 7) is 4.43. The van der Waals surface area contributed by atoms with Gasteiger partial charge < -0.3 is 15.4 Å². The average molecular weight is 528 g/mol. The van der Waals surface area contributed by atoms with E-state index in [4.69, 9.17) is 10.5 Å². The first-order chi connectivity index (χ1) is 17.5. The van der Waals surface area contributed by atoms with Crippen LogP contribution >= 0.6 is 0 Å². The maximum atomic E-state index is 14.4. The molecule has 4 rings (SSSR count). The Morgan fingerprint density at radius 2 is 1.95 bits per heavy atom. The van der Waals surface area contributed by atoms with Crippen LogP contribution in [0.1, 0.15) is 43.5 Å². The zero-order chi connectivity index (χ0) is 26.7. The second-order valence-electron chi connectivity index (χ2n) is 9.48. The molecule has 3 N–H and O–H groups in total. The monoisotopic (exact) mass is 527 g/mol. The van der Waals surface area contributed by atoms with Crippen molar-refractivity contribution in [1.29, 1.82) is 0 Å². The fourth-order valence-electron chi connectivity index (χ4n) is 3.87. The SMILES string of the molecule is CC(C)COc1cc(F)cc(-c2ccc(C(=O)NS(=O)(=O)c3cccc(N)n3)c(N(C)C3CCC3)n2)c1. The zero-order valence-electron chi connectivity index (χ0n) is 20.9. The van der Waals surface area contributed by atoms with E-state index < -0.39 is 21.7 Å². The van der Waals surface area contributed by atoms with E-state index in [2.05, 4.69) is 14.7 Å². The van der Waals surface area contributed by atoms with Crippen LogP contribution in [0.25, 0.3) is 11.3 Å². The van der Waals surface area contributed by atoms with Gasteiger partial charge in [0.1, 0.15) is 23.2 Å². The highest BCUT2D eigenvalue weighted by Gasteiger charge is 2.29. The molecule has 3 aromatic rings. The number of hydrogen-bond acceptors (Lipinski definition) is 8. The second kappa shape index (κ2) is 10.7. The number of nitrogens with two attached hydrogens (primary N) is 1. The van der Waals surface area contributed by atoms with Crippen molar-refractivity contribution >= 4 is 27.6 Å². The van der Waals surface area contributed by atoms with Gasteiger partial charge in [0.2, 0.25) is 0 Å². The van der Waals surface area contributed by atoms with Gasteiger partial charge in [-0.2, -0.15) is 8.42 Å². The van der Waals surface area contributed by atoms with Crippen LogP contribution in [0.3, 0.4) is 0 Å². The minimum Gasteiger partial charge on any atom is -0.493 e. The Kier molecular flexibility index (Phi) is 7.63. The first-order valence-electron chi connectivity index (χ1n) is 12.0. The summed E-state index contributed by atoms with van der Waals surface area (Å²) in [4.78, 5) is 23.5. The predicted octanol–water partition coefficient (Wildman–Crippen LogP) is 4.01. The summed E-state index contributed by atoms with van der Waals surface area (Å²) in [5.41, 5.74) is 6.57. The number of pyridine rings is 2. The van der Waals surface area contributed by atoms with Crippen LogP contribution in [0.2, 0.25) is 0 Å². The number of aromatic nitrogens is 2. The van der Waals surface area contributed by atoms with E-state index in [0.29, 0.717) is 29.4 Å². The van der Waals surface area contributed by atoms with Gasteiger partial charge in [-0.1, -0.05) is 19.9 Å². The van der Waals surface area contributed by atoms with Crippen LogP contribution in [-0.2, 0) is 10.0 Å². The number of benzene rings is 1. The Hall–Kier alpha value is -3.73. The standard InChI is InChI=1S/C26H30FN5O4S/c1-16(2)15-36-20-13-17(12-18(27)14-20)22-11-10-21(25(29-22)32(3)19-6-4-7-19)26(33)31-37(34,35)24-9-5-8-23(28)30-24/h5,8-14,16,19H,4,6-7,15H2,1-3H3,(H2,28,30)(H,31,33). The number of rotatable bonds is 9. The van der Waals surface area contributed by atoms with E-state index in [1.165, 1.54) is 36.4 Å². The van der Waals surface area contributed by atoms with Gasteiger partial charge in [0.05, 0.1) is 17.9 Å². The molecular formula is C26H30FN5O4S. The van der Waals surface area contributed by atoms with Crippen LogP contribution < -0.4 is 20.1 Å². The minimum atomic E-state index is -4.27. The van der Waals surface area contributed by atoms with E-state index in [-0.39, 0.29) is 28.4 Å². The van der Waals surface area contributed by atoms with Gasteiger partial charge in [0.15, 0.2) is 5.03 Å². The minimum absolute atomic E-state index is 0.0126. The number of nitrogens with one attached hydrogen (secondary N) is 1. The van der Waals surface area contributed by atoms with Gasteiger partial charge in [-0.15, -0.1) is 0 Å². The number of amides is 1. The van der Waals surface area contributed by atoms with Crippen molar-refractivity contribution in [2.24, 2.45) is 5.92 Å². The smallest absolute Gasteiger partial charge is 0.281 e. The molecule has 1 aliphatic carbocycles. The molecule has 9 nitrogen and oxygen atoms in total. The van der Waals surface area contributed by atoms with Crippen molar-refractivity contribution in [2.45, 2.75) is 44.2 Å². The lowest BCUT2D eigenvalue weighted by Gasteiger charge is -2.36. The summed E-state index contributed by atoms with van der Waals surface area (Å²) in [6, 6.07) is 11.7. The highest BCUT2D eigenvalue weighted by molar-refractivity contribution is 7.90. The first-order valence-corrected chi connectivity index (χ1v) is 13.5. The summed E-state index contributed by atoms with van der Waals surface area (Å²) >= 11 is 0. The Bertz CT molecular complexity index is 1410. The van der Waals surface area contributed by atoms with Gasteiger partial charge in [-0.25, -0.2) is 19.1 Å². The van der Waals surface area contributed by atoms with Crippen LogP contribution in [0, 0.1) is 11.7 Å². The van der Waals surface area contributed by atoms with Crippen molar-refractivity contribution < 1.29 is 22.3 Å². The highest BCUT2D eigenvalue weighted by atomic mass is 32.2. The molecule has 2 aromatic heterocycles. The van der Waals surface area contributed by atoms with Crippen molar-refractivity contribution in [3.63, 3.8) is 0 Å². The summed E-state index contributed by atoms with van der Waals surface area (Å²) in [6.07, 6.45) is 2.89. The molecular weight excluding hydrogens is 497 g/mol. The van der Waals surface area contributed by atoms with E-state index in [0.717, 1.165) is 19.3 Å². The van der Waals surface area contributed by atoms with Gasteiger partial charge in [0.25, 0.3) is 15.9 Å². The fraction of sp³-hybridized carbons (Fsp3) is 0.346. The summed E-state index contributed by atoms with van der Waals surface area (Å²) in [5.74, 6) is -0.381. The fourth-order valence-corrected chi connectivity index (χ4v) is 4.81. The van der Waals surface area contributed by atoms with Crippen LogP contribution in [0.15, 0.2) is 53.6 Å². The average Bonchev–Trinajstić information content (AvgIpc) is 2.80. The summed E-state index contributed by atoms with van der Waals surface area (Å²) in [7, 11) is -2.47. The third-order valence-corrected chi connectivity index (χ3v) is 7.31. The zero-order valence-corrected chi connectivity index (χ0v) is 21.8. The van der Waals surface area contributed by atoms with Crippen LogP contribution in [0.4, 0.5) is 16.0 Å². The van der Waals surface area contributed by atoms with Gasteiger partial charge in [-0.05, 0) is 61.6 Å². The lowest BCUT2D eigenvalue weighted by Crippen LogP contribution is -2.40. The Labute approximate surface area is 215 Å². The first kappa shape index (κ1) is 26.3. The van der Waals surface area contributed by atoms with Crippen LogP contribution in [0.5, 0.6) is 5.75 Å². The molecule has 1 aliphatic rings. The molecule has 1 fully saturated rings. The van der Waals surface area contributed by atoms with Crippen molar-refractivity contribution in [1.82, 2.24) is 14.7 Å². The van der Waals surface area contributed by atoms with E-state index in [1.54, 1.807) is 12.1 Å². The Morgan fingerprint density at radius 3 is 2.59 bits per heavy atom. The molecule has 0 unspecified atom stereocenters. The quantitative estimate of drug-likeness (QED) is 0.427.